The highest BCUT2D eigenvalue weighted by atomic mass is 16.2. The largest absolute Gasteiger partial charge is 0.344 e. The van der Waals surface area contributed by atoms with Gasteiger partial charge in [0.05, 0.1) is 5.56 Å². The van der Waals surface area contributed by atoms with E-state index in [-0.39, 0.29) is 5.91 Å². The van der Waals surface area contributed by atoms with E-state index in [1.807, 2.05) is 11.0 Å². The molecule has 1 fully saturated rings. The third kappa shape index (κ3) is 4.65. The van der Waals surface area contributed by atoms with Crippen molar-refractivity contribution in [2.75, 3.05) is 26.2 Å². The summed E-state index contributed by atoms with van der Waals surface area (Å²) in [7, 11) is 0. The van der Waals surface area contributed by atoms with Crippen LogP contribution in [0.4, 0.5) is 0 Å². The molecule has 0 atom stereocenters. The number of aryl methyl sites for hydroxylation is 1. The van der Waals surface area contributed by atoms with E-state index in [0.29, 0.717) is 0 Å². The molecule has 1 aliphatic rings. The van der Waals surface area contributed by atoms with Crippen LogP contribution in [0.2, 0.25) is 0 Å². The molecule has 1 aliphatic heterocycles. The number of benzene rings is 2. The molecule has 1 amide bonds. The average molecular weight is 402 g/mol. The number of carbonyl (C=O) groups excluding carboxylic acids is 1. The first kappa shape index (κ1) is 20.4. The molecule has 3 aromatic rings. The Kier molecular flexibility index (Phi) is 6.34. The van der Waals surface area contributed by atoms with E-state index in [1.165, 1.54) is 11.1 Å². The third-order valence-corrected chi connectivity index (χ3v) is 6.11. The van der Waals surface area contributed by atoms with Crippen LogP contribution >= 0.6 is 0 Å². The van der Waals surface area contributed by atoms with Crippen LogP contribution in [0, 0.1) is 13.8 Å². The molecular weight excluding hydrogens is 370 g/mol. The SMILES string of the molecule is Cc1cc(C(=O)N2CCCN(Cc3ccccc3)CC2)c(C)n1Cc1ccccc1. The lowest BCUT2D eigenvalue weighted by Gasteiger charge is -2.22. The second-order valence-corrected chi connectivity index (χ2v) is 8.26. The Morgan fingerprint density at radius 3 is 2.10 bits per heavy atom. The fraction of sp³-hybridized carbons (Fsp3) is 0.346. The molecule has 4 heteroatoms. The Morgan fingerprint density at radius 2 is 1.43 bits per heavy atom. The van der Waals surface area contributed by atoms with Crippen LogP contribution in [0.1, 0.15) is 39.3 Å². The van der Waals surface area contributed by atoms with Gasteiger partial charge in [-0.3, -0.25) is 9.69 Å². The van der Waals surface area contributed by atoms with Crippen molar-refractivity contribution in [3.8, 4) is 0 Å². The van der Waals surface area contributed by atoms with Gasteiger partial charge in [-0.1, -0.05) is 60.7 Å². The van der Waals surface area contributed by atoms with Crippen molar-refractivity contribution in [3.63, 3.8) is 0 Å². The van der Waals surface area contributed by atoms with Crippen LogP contribution in [0.25, 0.3) is 0 Å². The lowest BCUT2D eigenvalue weighted by atomic mass is 10.2. The maximum absolute atomic E-state index is 13.4. The van der Waals surface area contributed by atoms with Crippen molar-refractivity contribution < 1.29 is 4.79 Å². The summed E-state index contributed by atoms with van der Waals surface area (Å²) in [5.41, 5.74) is 5.64. The minimum atomic E-state index is 0.170. The van der Waals surface area contributed by atoms with Crippen molar-refractivity contribution in [2.24, 2.45) is 0 Å². The van der Waals surface area contributed by atoms with Gasteiger partial charge in [-0.15, -0.1) is 0 Å². The standard InChI is InChI=1S/C26H31N3O/c1-21-18-25(22(2)29(21)20-24-12-7-4-8-13-24)26(30)28-15-9-14-27(16-17-28)19-23-10-5-3-6-11-23/h3-8,10-13,18H,9,14-17,19-20H2,1-2H3. The van der Waals surface area contributed by atoms with Crippen LogP contribution in [0.15, 0.2) is 66.7 Å². The molecule has 4 nitrogen and oxygen atoms in total. The van der Waals surface area contributed by atoms with Gasteiger partial charge in [-0.25, -0.2) is 0 Å². The summed E-state index contributed by atoms with van der Waals surface area (Å²) in [5, 5.41) is 0. The van der Waals surface area contributed by atoms with Gasteiger partial charge >= 0.3 is 0 Å². The molecule has 2 aromatic carbocycles. The molecule has 0 bridgehead atoms. The summed E-state index contributed by atoms with van der Waals surface area (Å²) in [6.45, 7) is 9.49. The van der Waals surface area contributed by atoms with Crippen LogP contribution < -0.4 is 0 Å². The predicted octanol–water partition coefficient (Wildman–Crippen LogP) is 4.50. The molecule has 30 heavy (non-hydrogen) atoms. The summed E-state index contributed by atoms with van der Waals surface area (Å²) in [6, 6.07) is 23.1. The number of hydrogen-bond acceptors (Lipinski definition) is 2. The molecule has 2 heterocycles. The Balaban J connectivity index is 1.43. The van der Waals surface area contributed by atoms with E-state index in [2.05, 4.69) is 84.0 Å². The summed E-state index contributed by atoms with van der Waals surface area (Å²) >= 11 is 0. The molecule has 0 unspecified atom stereocenters. The number of hydrogen-bond donors (Lipinski definition) is 0. The van der Waals surface area contributed by atoms with Crippen molar-refractivity contribution >= 4 is 5.91 Å². The smallest absolute Gasteiger partial charge is 0.255 e. The zero-order valence-corrected chi connectivity index (χ0v) is 18.1. The second-order valence-electron chi connectivity index (χ2n) is 8.26. The quantitative estimate of drug-likeness (QED) is 0.630. The van der Waals surface area contributed by atoms with E-state index in [9.17, 15) is 4.79 Å². The monoisotopic (exact) mass is 401 g/mol. The highest BCUT2D eigenvalue weighted by Gasteiger charge is 2.24. The zero-order chi connectivity index (χ0) is 20.9. The Labute approximate surface area is 179 Å². The van der Waals surface area contributed by atoms with Crippen LogP contribution in [-0.2, 0) is 13.1 Å². The molecule has 4 rings (SSSR count). The van der Waals surface area contributed by atoms with E-state index < -0.39 is 0 Å². The summed E-state index contributed by atoms with van der Waals surface area (Å²) in [6.07, 6.45) is 1.02. The second kappa shape index (κ2) is 9.31. The van der Waals surface area contributed by atoms with Crippen molar-refractivity contribution in [2.45, 2.75) is 33.4 Å². The van der Waals surface area contributed by atoms with Gasteiger partial charge in [0.25, 0.3) is 5.91 Å². The fourth-order valence-electron chi connectivity index (χ4n) is 4.37. The molecule has 1 aromatic heterocycles. The maximum atomic E-state index is 13.4. The zero-order valence-electron chi connectivity index (χ0n) is 18.1. The van der Waals surface area contributed by atoms with Crippen molar-refractivity contribution in [3.05, 3.63) is 94.8 Å². The fourth-order valence-corrected chi connectivity index (χ4v) is 4.37. The maximum Gasteiger partial charge on any atom is 0.255 e. The Hall–Kier alpha value is -2.85. The summed E-state index contributed by atoms with van der Waals surface area (Å²) in [5.74, 6) is 0.170. The molecular formula is C26H31N3O. The van der Waals surface area contributed by atoms with Crippen molar-refractivity contribution in [1.82, 2.24) is 14.4 Å². The summed E-state index contributed by atoms with van der Waals surface area (Å²) < 4.78 is 2.25. The molecule has 0 N–H and O–H groups in total. The number of aromatic nitrogens is 1. The number of rotatable bonds is 5. The Bertz CT molecular complexity index is 978. The van der Waals surface area contributed by atoms with E-state index in [0.717, 1.165) is 62.6 Å². The van der Waals surface area contributed by atoms with Gasteiger partial charge < -0.3 is 9.47 Å². The van der Waals surface area contributed by atoms with Gasteiger partial charge in [0.2, 0.25) is 0 Å². The molecule has 0 saturated carbocycles. The number of carbonyl (C=O) groups is 1. The van der Waals surface area contributed by atoms with Crippen LogP contribution in [-0.4, -0.2) is 46.5 Å². The third-order valence-electron chi connectivity index (χ3n) is 6.11. The lowest BCUT2D eigenvalue weighted by Crippen LogP contribution is -2.35. The minimum Gasteiger partial charge on any atom is -0.344 e. The van der Waals surface area contributed by atoms with Crippen molar-refractivity contribution in [1.29, 1.82) is 0 Å². The molecule has 0 radical (unpaired) electrons. The molecule has 1 saturated heterocycles. The molecule has 0 spiro atoms. The molecule has 0 aliphatic carbocycles. The first-order valence-electron chi connectivity index (χ1n) is 10.9. The van der Waals surface area contributed by atoms with Crippen LogP contribution in [0.3, 0.4) is 0 Å². The molecule has 156 valence electrons. The van der Waals surface area contributed by atoms with Gasteiger partial charge in [-0.05, 0) is 37.5 Å². The average Bonchev–Trinajstić information content (AvgIpc) is 2.93. The van der Waals surface area contributed by atoms with E-state index in [1.54, 1.807) is 0 Å². The first-order chi connectivity index (χ1) is 14.6. The van der Waals surface area contributed by atoms with E-state index in [4.69, 9.17) is 0 Å². The highest BCUT2D eigenvalue weighted by Crippen LogP contribution is 2.20. The predicted molar refractivity (Wildman–Crippen MR) is 122 cm³/mol. The van der Waals surface area contributed by atoms with Gasteiger partial charge in [-0.2, -0.15) is 0 Å². The number of nitrogens with zero attached hydrogens (tertiary/aromatic N) is 3. The van der Waals surface area contributed by atoms with Gasteiger partial charge in [0.1, 0.15) is 0 Å². The number of amides is 1. The van der Waals surface area contributed by atoms with E-state index >= 15 is 0 Å². The Morgan fingerprint density at radius 1 is 0.800 bits per heavy atom. The first-order valence-corrected chi connectivity index (χ1v) is 10.9. The van der Waals surface area contributed by atoms with Gasteiger partial charge in [0, 0.05) is 50.7 Å². The highest BCUT2D eigenvalue weighted by molar-refractivity contribution is 5.95. The normalized spacial score (nSPS) is 15.2. The minimum absolute atomic E-state index is 0.170. The van der Waals surface area contributed by atoms with Gasteiger partial charge in [0.15, 0.2) is 0 Å². The van der Waals surface area contributed by atoms with Crippen LogP contribution in [0.5, 0.6) is 0 Å². The lowest BCUT2D eigenvalue weighted by molar-refractivity contribution is 0.0760. The topological polar surface area (TPSA) is 28.5 Å². The summed E-state index contributed by atoms with van der Waals surface area (Å²) in [4.78, 5) is 17.9.